The first-order valence-electron chi connectivity index (χ1n) is 9.56. The number of halogens is 1. The van der Waals surface area contributed by atoms with Crippen molar-refractivity contribution in [3.63, 3.8) is 0 Å². The molecule has 4 rings (SSSR count). The zero-order valence-corrected chi connectivity index (χ0v) is 17.7. The summed E-state index contributed by atoms with van der Waals surface area (Å²) in [5, 5.41) is 0. The average molecular weight is 435 g/mol. The highest BCUT2D eigenvalue weighted by atomic mass is 79.9. The van der Waals surface area contributed by atoms with Crippen LogP contribution in [0.25, 0.3) is 22.4 Å². The lowest BCUT2D eigenvalue weighted by Gasteiger charge is -2.12. The summed E-state index contributed by atoms with van der Waals surface area (Å²) in [5.74, 6) is 2.39. The largest absolute Gasteiger partial charge is 0.492 e. The molecule has 1 aromatic heterocycles. The summed E-state index contributed by atoms with van der Waals surface area (Å²) >= 11 is 3.57. The van der Waals surface area contributed by atoms with Gasteiger partial charge in [0.05, 0.1) is 17.6 Å². The van der Waals surface area contributed by atoms with Gasteiger partial charge in [0.2, 0.25) is 0 Å². The molecule has 0 aliphatic carbocycles. The lowest BCUT2D eigenvalue weighted by Crippen LogP contribution is -2.09. The van der Waals surface area contributed by atoms with Crippen LogP contribution in [0.15, 0.2) is 77.3 Å². The molecule has 0 saturated carbocycles. The standard InChI is InChI=1S/C24H23BrN2O/c1-17(2)18-10-12-21(13-11-18)28-15-14-27-23-9-4-3-8-22(23)26-24(27)19-6-5-7-20(25)16-19/h3-13,16-17H,14-15H2,1-2H3. The maximum Gasteiger partial charge on any atom is 0.141 e. The molecule has 0 aliphatic rings. The van der Waals surface area contributed by atoms with Gasteiger partial charge in [0.15, 0.2) is 0 Å². The molecule has 3 aromatic carbocycles. The third-order valence-electron chi connectivity index (χ3n) is 4.87. The van der Waals surface area contributed by atoms with Gasteiger partial charge in [-0.1, -0.05) is 66.2 Å². The maximum atomic E-state index is 6.02. The van der Waals surface area contributed by atoms with Crippen LogP contribution in [0.2, 0.25) is 0 Å². The van der Waals surface area contributed by atoms with Gasteiger partial charge >= 0.3 is 0 Å². The van der Waals surface area contributed by atoms with E-state index in [0.717, 1.165) is 39.2 Å². The molecule has 0 bridgehead atoms. The first-order valence-corrected chi connectivity index (χ1v) is 10.3. The van der Waals surface area contributed by atoms with Gasteiger partial charge < -0.3 is 9.30 Å². The van der Waals surface area contributed by atoms with Crippen molar-refractivity contribution in [2.24, 2.45) is 0 Å². The predicted octanol–water partition coefficient (Wildman–Crippen LogP) is 6.67. The van der Waals surface area contributed by atoms with E-state index < -0.39 is 0 Å². The number of benzene rings is 3. The summed E-state index contributed by atoms with van der Waals surface area (Å²) in [6, 6.07) is 24.9. The molecule has 4 aromatic rings. The SMILES string of the molecule is CC(C)c1ccc(OCCn2c(-c3cccc(Br)c3)nc3ccccc32)cc1. The minimum atomic E-state index is 0.527. The summed E-state index contributed by atoms with van der Waals surface area (Å²) in [7, 11) is 0. The second kappa shape index (κ2) is 8.19. The average Bonchev–Trinajstić information content (AvgIpc) is 3.07. The zero-order chi connectivity index (χ0) is 19.5. The van der Waals surface area contributed by atoms with Crippen LogP contribution in [-0.4, -0.2) is 16.2 Å². The van der Waals surface area contributed by atoms with E-state index in [0.29, 0.717) is 12.5 Å². The highest BCUT2D eigenvalue weighted by molar-refractivity contribution is 9.10. The number of nitrogens with zero attached hydrogens (tertiary/aromatic N) is 2. The van der Waals surface area contributed by atoms with Gasteiger partial charge in [-0.05, 0) is 47.9 Å². The van der Waals surface area contributed by atoms with Crippen LogP contribution in [-0.2, 0) is 6.54 Å². The lowest BCUT2D eigenvalue weighted by atomic mass is 10.0. The van der Waals surface area contributed by atoms with Gasteiger partial charge in [0.1, 0.15) is 18.2 Å². The molecule has 0 amide bonds. The van der Waals surface area contributed by atoms with E-state index in [9.17, 15) is 0 Å². The Kier molecular flexibility index (Phi) is 5.49. The second-order valence-corrected chi connectivity index (χ2v) is 8.07. The Morgan fingerprint density at radius 3 is 2.50 bits per heavy atom. The van der Waals surface area contributed by atoms with Crippen molar-refractivity contribution in [1.82, 2.24) is 9.55 Å². The van der Waals surface area contributed by atoms with E-state index in [4.69, 9.17) is 9.72 Å². The Morgan fingerprint density at radius 1 is 0.964 bits per heavy atom. The zero-order valence-electron chi connectivity index (χ0n) is 16.1. The quantitative estimate of drug-likeness (QED) is 0.338. The highest BCUT2D eigenvalue weighted by Crippen LogP contribution is 2.27. The Bertz CT molecular complexity index is 1080. The normalized spacial score (nSPS) is 11.3. The lowest BCUT2D eigenvalue weighted by molar-refractivity contribution is 0.300. The number of fused-ring (bicyclic) bond motifs is 1. The molecule has 0 radical (unpaired) electrons. The van der Waals surface area contributed by atoms with Crippen molar-refractivity contribution in [2.45, 2.75) is 26.3 Å². The van der Waals surface area contributed by atoms with Crippen molar-refractivity contribution in [1.29, 1.82) is 0 Å². The Balaban J connectivity index is 1.58. The van der Waals surface area contributed by atoms with E-state index in [-0.39, 0.29) is 0 Å². The molecular formula is C24H23BrN2O. The van der Waals surface area contributed by atoms with Gasteiger partial charge in [-0.25, -0.2) is 4.98 Å². The van der Waals surface area contributed by atoms with Crippen LogP contribution in [0.5, 0.6) is 5.75 Å². The van der Waals surface area contributed by atoms with Gasteiger partial charge in [0, 0.05) is 10.0 Å². The van der Waals surface area contributed by atoms with E-state index in [2.05, 4.69) is 88.9 Å². The molecule has 3 nitrogen and oxygen atoms in total. The summed E-state index contributed by atoms with van der Waals surface area (Å²) in [5.41, 5.74) is 4.53. The number of ether oxygens (including phenoxy) is 1. The molecular weight excluding hydrogens is 412 g/mol. The number of imidazole rings is 1. The minimum absolute atomic E-state index is 0.527. The second-order valence-electron chi connectivity index (χ2n) is 7.16. The molecule has 0 N–H and O–H groups in total. The number of hydrogen-bond donors (Lipinski definition) is 0. The number of para-hydroxylation sites is 2. The van der Waals surface area contributed by atoms with Gasteiger partial charge in [-0.15, -0.1) is 0 Å². The molecule has 0 unspecified atom stereocenters. The summed E-state index contributed by atoms with van der Waals surface area (Å²) in [6.45, 7) is 5.71. The van der Waals surface area contributed by atoms with Crippen molar-refractivity contribution in [2.75, 3.05) is 6.61 Å². The van der Waals surface area contributed by atoms with Crippen molar-refractivity contribution in [3.05, 3.63) is 82.8 Å². The van der Waals surface area contributed by atoms with Crippen molar-refractivity contribution < 1.29 is 4.74 Å². The Hall–Kier alpha value is -2.59. The first-order chi connectivity index (χ1) is 13.6. The fraction of sp³-hybridized carbons (Fsp3) is 0.208. The molecule has 4 heteroatoms. The fourth-order valence-electron chi connectivity index (χ4n) is 3.35. The molecule has 0 aliphatic heterocycles. The van der Waals surface area contributed by atoms with Crippen LogP contribution in [0.4, 0.5) is 0 Å². The molecule has 142 valence electrons. The number of aromatic nitrogens is 2. The number of hydrogen-bond acceptors (Lipinski definition) is 2. The van der Waals surface area contributed by atoms with Gasteiger partial charge in [-0.3, -0.25) is 0 Å². The summed E-state index contributed by atoms with van der Waals surface area (Å²) in [6.07, 6.45) is 0. The van der Waals surface area contributed by atoms with Crippen LogP contribution in [0.3, 0.4) is 0 Å². The molecule has 0 spiro atoms. The van der Waals surface area contributed by atoms with Gasteiger partial charge in [-0.2, -0.15) is 0 Å². The van der Waals surface area contributed by atoms with Crippen LogP contribution in [0, 0.1) is 0 Å². The van der Waals surface area contributed by atoms with Crippen molar-refractivity contribution >= 4 is 27.0 Å². The highest BCUT2D eigenvalue weighted by Gasteiger charge is 2.12. The van der Waals surface area contributed by atoms with Crippen molar-refractivity contribution in [3.8, 4) is 17.1 Å². The molecule has 1 heterocycles. The molecule has 0 saturated heterocycles. The van der Waals surface area contributed by atoms with E-state index in [1.54, 1.807) is 0 Å². The Morgan fingerprint density at radius 2 is 1.75 bits per heavy atom. The monoisotopic (exact) mass is 434 g/mol. The van der Waals surface area contributed by atoms with Crippen LogP contribution < -0.4 is 4.74 Å². The molecule has 0 fully saturated rings. The molecule has 0 atom stereocenters. The van der Waals surface area contributed by atoms with E-state index in [1.165, 1.54) is 5.56 Å². The smallest absolute Gasteiger partial charge is 0.141 e. The summed E-state index contributed by atoms with van der Waals surface area (Å²) < 4.78 is 9.30. The Labute approximate surface area is 174 Å². The third-order valence-corrected chi connectivity index (χ3v) is 5.36. The van der Waals surface area contributed by atoms with E-state index in [1.807, 2.05) is 18.2 Å². The fourth-order valence-corrected chi connectivity index (χ4v) is 3.75. The van der Waals surface area contributed by atoms with Crippen LogP contribution >= 0.6 is 15.9 Å². The maximum absolute atomic E-state index is 6.02. The van der Waals surface area contributed by atoms with Gasteiger partial charge in [0.25, 0.3) is 0 Å². The number of rotatable bonds is 6. The molecule has 28 heavy (non-hydrogen) atoms. The summed E-state index contributed by atoms with van der Waals surface area (Å²) in [4.78, 5) is 4.87. The first kappa shape index (κ1) is 18.8. The topological polar surface area (TPSA) is 27.1 Å². The van der Waals surface area contributed by atoms with Crippen LogP contribution in [0.1, 0.15) is 25.3 Å². The van der Waals surface area contributed by atoms with E-state index >= 15 is 0 Å². The minimum Gasteiger partial charge on any atom is -0.492 e. The predicted molar refractivity (Wildman–Crippen MR) is 119 cm³/mol. The third kappa shape index (κ3) is 3.97.